The molecule has 1 aromatic heterocycles. The fraction of sp³-hybridized carbons (Fsp3) is 0.421. The maximum absolute atomic E-state index is 12.6. The third kappa shape index (κ3) is 3.90. The molecule has 132 valence electrons. The van der Waals surface area contributed by atoms with E-state index in [1.165, 1.54) is 0 Å². The summed E-state index contributed by atoms with van der Waals surface area (Å²) >= 11 is 0. The van der Waals surface area contributed by atoms with Crippen LogP contribution in [0.2, 0.25) is 0 Å². The number of benzene rings is 1. The molecular formula is C19H22N2O4. The molecule has 6 nitrogen and oxygen atoms in total. The zero-order valence-corrected chi connectivity index (χ0v) is 14.2. The Morgan fingerprint density at radius 1 is 1.16 bits per heavy atom. The number of oxazole rings is 1. The van der Waals surface area contributed by atoms with Crippen molar-refractivity contribution in [3.63, 3.8) is 0 Å². The Kier molecular flexibility index (Phi) is 5.16. The van der Waals surface area contributed by atoms with Gasteiger partial charge in [-0.2, -0.15) is 0 Å². The summed E-state index contributed by atoms with van der Waals surface area (Å²) in [6, 6.07) is 8.99. The second-order valence-corrected chi connectivity index (χ2v) is 6.45. The van der Waals surface area contributed by atoms with Crippen molar-refractivity contribution >= 4 is 11.9 Å². The molecule has 1 saturated carbocycles. The average Bonchev–Trinajstić information content (AvgIpc) is 2.84. The number of carboxylic acid groups (broad SMARTS) is 1. The lowest BCUT2D eigenvalue weighted by Gasteiger charge is -2.22. The van der Waals surface area contributed by atoms with Crippen molar-refractivity contribution in [2.45, 2.75) is 45.1 Å². The van der Waals surface area contributed by atoms with Gasteiger partial charge in [0.2, 0.25) is 5.89 Å². The molecule has 0 unspecified atom stereocenters. The van der Waals surface area contributed by atoms with E-state index in [2.05, 4.69) is 10.3 Å². The highest BCUT2D eigenvalue weighted by atomic mass is 16.4. The van der Waals surface area contributed by atoms with Crippen LogP contribution in [-0.2, 0) is 4.79 Å². The fourth-order valence-electron chi connectivity index (χ4n) is 3.32. The molecule has 2 N–H and O–H groups in total. The van der Waals surface area contributed by atoms with E-state index in [1.54, 1.807) is 6.92 Å². The number of aromatic nitrogens is 1. The Hall–Kier alpha value is -2.63. The van der Waals surface area contributed by atoms with Gasteiger partial charge in [0, 0.05) is 11.6 Å². The van der Waals surface area contributed by atoms with Crippen molar-refractivity contribution in [3.8, 4) is 11.5 Å². The van der Waals surface area contributed by atoms with E-state index in [9.17, 15) is 14.7 Å². The van der Waals surface area contributed by atoms with Crippen LogP contribution in [0.1, 0.15) is 48.4 Å². The zero-order valence-electron chi connectivity index (χ0n) is 14.2. The lowest BCUT2D eigenvalue weighted by atomic mass is 9.95. The standard InChI is InChI=1S/C19H22N2O4/c1-12-16(21-18(25-12)13-8-4-2-5-9-13)17(22)20-15-11-7-3-6-10-14(15)19(23)24/h2,4-5,8-9,14-15H,3,6-7,10-11H2,1H3,(H,20,22)(H,23,24)/t14-,15+/m1/s1. The van der Waals surface area contributed by atoms with Crippen LogP contribution in [-0.4, -0.2) is 28.0 Å². The van der Waals surface area contributed by atoms with Gasteiger partial charge in [-0.3, -0.25) is 9.59 Å². The summed E-state index contributed by atoms with van der Waals surface area (Å²) in [5.74, 6) is -0.960. The van der Waals surface area contributed by atoms with Gasteiger partial charge in [-0.15, -0.1) is 0 Å². The van der Waals surface area contributed by atoms with Crippen molar-refractivity contribution in [2.75, 3.05) is 0 Å². The third-order valence-electron chi connectivity index (χ3n) is 4.68. The van der Waals surface area contributed by atoms with E-state index in [4.69, 9.17) is 4.42 Å². The molecule has 25 heavy (non-hydrogen) atoms. The summed E-state index contributed by atoms with van der Waals surface area (Å²) in [4.78, 5) is 28.5. The molecule has 0 aliphatic heterocycles. The molecule has 6 heteroatoms. The monoisotopic (exact) mass is 342 g/mol. The molecule has 1 aliphatic carbocycles. The van der Waals surface area contributed by atoms with Gasteiger partial charge in [-0.1, -0.05) is 37.5 Å². The van der Waals surface area contributed by atoms with Crippen LogP contribution in [0, 0.1) is 12.8 Å². The number of nitrogens with zero attached hydrogens (tertiary/aromatic N) is 1. The Morgan fingerprint density at radius 3 is 2.60 bits per heavy atom. The highest BCUT2D eigenvalue weighted by Crippen LogP contribution is 2.25. The number of aryl methyl sites for hydroxylation is 1. The van der Waals surface area contributed by atoms with Crippen molar-refractivity contribution in [1.29, 1.82) is 0 Å². The molecule has 2 aromatic rings. The molecular weight excluding hydrogens is 320 g/mol. The largest absolute Gasteiger partial charge is 0.481 e. The van der Waals surface area contributed by atoms with Gasteiger partial charge in [-0.25, -0.2) is 4.98 Å². The van der Waals surface area contributed by atoms with Crippen LogP contribution < -0.4 is 5.32 Å². The predicted octanol–water partition coefficient (Wildman–Crippen LogP) is 3.41. The molecule has 3 rings (SSSR count). The van der Waals surface area contributed by atoms with Gasteiger partial charge < -0.3 is 14.8 Å². The summed E-state index contributed by atoms with van der Waals surface area (Å²) < 4.78 is 5.62. The van der Waals surface area contributed by atoms with Gasteiger partial charge >= 0.3 is 5.97 Å². The maximum atomic E-state index is 12.6. The number of hydrogen-bond acceptors (Lipinski definition) is 4. The molecule has 0 radical (unpaired) electrons. The minimum Gasteiger partial charge on any atom is -0.481 e. The molecule has 0 saturated heterocycles. The first-order valence-corrected chi connectivity index (χ1v) is 8.63. The molecule has 2 atom stereocenters. The molecule has 0 spiro atoms. The van der Waals surface area contributed by atoms with Crippen LogP contribution >= 0.6 is 0 Å². The second-order valence-electron chi connectivity index (χ2n) is 6.45. The average molecular weight is 342 g/mol. The number of nitrogens with one attached hydrogen (secondary N) is 1. The minimum atomic E-state index is -0.853. The molecule has 1 aromatic carbocycles. The summed E-state index contributed by atoms with van der Waals surface area (Å²) in [6.45, 7) is 1.69. The van der Waals surface area contributed by atoms with Gasteiger partial charge in [0.05, 0.1) is 5.92 Å². The van der Waals surface area contributed by atoms with E-state index in [0.717, 1.165) is 24.8 Å². The number of carbonyl (C=O) groups is 2. The lowest BCUT2D eigenvalue weighted by Crippen LogP contribution is -2.43. The first-order chi connectivity index (χ1) is 12.1. The first-order valence-electron chi connectivity index (χ1n) is 8.63. The van der Waals surface area contributed by atoms with Crippen LogP contribution in [0.3, 0.4) is 0 Å². The van der Waals surface area contributed by atoms with Crippen molar-refractivity contribution in [2.24, 2.45) is 5.92 Å². The highest BCUT2D eigenvalue weighted by Gasteiger charge is 2.32. The van der Waals surface area contributed by atoms with Crippen molar-refractivity contribution in [3.05, 3.63) is 41.8 Å². The Morgan fingerprint density at radius 2 is 1.88 bits per heavy atom. The quantitative estimate of drug-likeness (QED) is 0.831. The van der Waals surface area contributed by atoms with Crippen LogP contribution in [0.5, 0.6) is 0 Å². The van der Waals surface area contributed by atoms with Crippen LogP contribution in [0.4, 0.5) is 0 Å². The fourth-order valence-corrected chi connectivity index (χ4v) is 3.32. The lowest BCUT2D eigenvalue weighted by molar-refractivity contribution is -0.142. The van der Waals surface area contributed by atoms with Gasteiger partial charge in [-0.05, 0) is 31.9 Å². The number of aliphatic carboxylic acids is 1. The van der Waals surface area contributed by atoms with Crippen LogP contribution in [0.25, 0.3) is 11.5 Å². The number of amides is 1. The SMILES string of the molecule is Cc1oc(-c2ccccc2)nc1C(=O)N[C@H]1CCCCC[C@H]1C(=O)O. The van der Waals surface area contributed by atoms with Crippen molar-refractivity contribution < 1.29 is 19.1 Å². The summed E-state index contributed by atoms with van der Waals surface area (Å²) in [6.07, 6.45) is 4.06. The second kappa shape index (κ2) is 7.51. The van der Waals surface area contributed by atoms with Gasteiger partial charge in [0.15, 0.2) is 5.69 Å². The predicted molar refractivity (Wildman–Crippen MR) is 92.1 cm³/mol. The van der Waals surface area contributed by atoms with Gasteiger partial charge in [0.1, 0.15) is 5.76 Å². The molecule has 1 heterocycles. The summed E-state index contributed by atoms with van der Waals surface area (Å²) in [5.41, 5.74) is 1.01. The van der Waals surface area contributed by atoms with E-state index >= 15 is 0 Å². The van der Waals surface area contributed by atoms with E-state index in [1.807, 2.05) is 30.3 Å². The number of rotatable bonds is 4. The summed E-state index contributed by atoms with van der Waals surface area (Å²) in [7, 11) is 0. The zero-order chi connectivity index (χ0) is 17.8. The van der Waals surface area contributed by atoms with E-state index < -0.39 is 11.9 Å². The number of carboxylic acids is 1. The maximum Gasteiger partial charge on any atom is 0.308 e. The van der Waals surface area contributed by atoms with Crippen LogP contribution in [0.15, 0.2) is 34.7 Å². The topological polar surface area (TPSA) is 92.4 Å². The Bertz CT molecular complexity index is 754. The molecule has 1 fully saturated rings. The normalized spacial score (nSPS) is 20.7. The smallest absolute Gasteiger partial charge is 0.308 e. The molecule has 1 amide bonds. The van der Waals surface area contributed by atoms with Crippen molar-refractivity contribution in [1.82, 2.24) is 10.3 Å². The summed E-state index contributed by atoms with van der Waals surface area (Å²) in [5, 5.41) is 12.3. The van der Waals surface area contributed by atoms with E-state index in [0.29, 0.717) is 24.5 Å². The number of carbonyl (C=O) groups excluding carboxylic acids is 1. The Balaban J connectivity index is 1.78. The Labute approximate surface area is 146 Å². The minimum absolute atomic E-state index is 0.215. The van der Waals surface area contributed by atoms with E-state index in [-0.39, 0.29) is 17.6 Å². The first kappa shape index (κ1) is 17.2. The molecule has 1 aliphatic rings. The number of hydrogen-bond donors (Lipinski definition) is 2. The van der Waals surface area contributed by atoms with Gasteiger partial charge in [0.25, 0.3) is 5.91 Å². The molecule has 0 bridgehead atoms. The third-order valence-corrected chi connectivity index (χ3v) is 4.68. The highest BCUT2D eigenvalue weighted by molar-refractivity contribution is 5.94.